The van der Waals surface area contributed by atoms with E-state index in [1.54, 1.807) is 30.3 Å². The van der Waals surface area contributed by atoms with Gasteiger partial charge >= 0.3 is 5.97 Å². The molecule has 37 heavy (non-hydrogen) atoms. The maximum absolute atomic E-state index is 15.5. The molecule has 0 radical (unpaired) electrons. The van der Waals surface area contributed by atoms with Gasteiger partial charge in [0, 0.05) is 17.0 Å². The number of hydrogen-bond donors (Lipinski definition) is 3. The Balaban J connectivity index is 2.18. The van der Waals surface area contributed by atoms with Crippen molar-refractivity contribution in [3.63, 3.8) is 0 Å². The summed E-state index contributed by atoms with van der Waals surface area (Å²) in [5.41, 5.74) is 4.04. The molecule has 7 nitrogen and oxygen atoms in total. The number of nitriles is 1. The van der Waals surface area contributed by atoms with Crippen molar-refractivity contribution in [3.8, 4) is 6.07 Å². The van der Waals surface area contributed by atoms with Crippen LogP contribution in [0.25, 0.3) is 0 Å². The average Bonchev–Trinajstić information content (AvgIpc) is 3.12. The van der Waals surface area contributed by atoms with E-state index in [9.17, 15) is 20.0 Å². The standard InChI is InChI=1S/C27H30Cl2FN3O4/c1-26(2,3)12-20-27(14-31,15-7-9-16(28)10-8-15)22(18-5-4-6-19(29)23(18)30)24(33-20)25(36)37-13-17(34)11-21(32)35/h4-10,17,20,22,24,33-34H,11-13H2,1-3H3,(H2,32,35)/t17-,20-,22-,24+,27-/m0/s1. The van der Waals surface area contributed by atoms with E-state index in [2.05, 4.69) is 11.4 Å². The molecule has 0 bridgehead atoms. The molecule has 2 aromatic rings. The third kappa shape index (κ3) is 6.24. The van der Waals surface area contributed by atoms with E-state index in [-0.39, 0.29) is 16.0 Å². The summed E-state index contributed by atoms with van der Waals surface area (Å²) in [6.07, 6.45) is -1.24. The molecule has 0 spiro atoms. The molecule has 0 aromatic heterocycles. The van der Waals surface area contributed by atoms with Crippen molar-refractivity contribution in [2.75, 3.05) is 6.61 Å². The molecule has 1 saturated heterocycles. The summed E-state index contributed by atoms with van der Waals surface area (Å²) in [5, 5.41) is 24.3. The number of carbonyl (C=O) groups excluding carboxylic acids is 2. The Hall–Kier alpha value is -2.70. The normalized spacial score (nSPS) is 24.3. The van der Waals surface area contributed by atoms with Crippen molar-refractivity contribution in [3.05, 3.63) is 69.5 Å². The lowest BCUT2D eigenvalue weighted by Crippen LogP contribution is -2.44. The van der Waals surface area contributed by atoms with Crippen molar-refractivity contribution < 1.29 is 23.8 Å². The summed E-state index contributed by atoms with van der Waals surface area (Å²) in [6.45, 7) is 5.51. The van der Waals surface area contributed by atoms with Gasteiger partial charge in [0.1, 0.15) is 23.9 Å². The summed E-state index contributed by atoms with van der Waals surface area (Å²) in [6, 6.07) is 11.8. The number of aliphatic hydroxyl groups excluding tert-OH is 1. The third-order valence-corrected chi connectivity index (χ3v) is 7.05. The zero-order valence-electron chi connectivity index (χ0n) is 20.8. The lowest BCUT2D eigenvalue weighted by Gasteiger charge is -2.37. The molecule has 2 aromatic carbocycles. The maximum Gasteiger partial charge on any atom is 0.323 e. The first-order valence-electron chi connectivity index (χ1n) is 11.8. The van der Waals surface area contributed by atoms with Crippen LogP contribution < -0.4 is 11.1 Å². The maximum atomic E-state index is 15.5. The Morgan fingerprint density at radius 2 is 1.89 bits per heavy atom. The highest BCUT2D eigenvalue weighted by Crippen LogP contribution is 2.52. The lowest BCUT2D eigenvalue weighted by molar-refractivity contribution is -0.150. The number of rotatable bonds is 8. The van der Waals surface area contributed by atoms with E-state index in [0.717, 1.165) is 0 Å². The van der Waals surface area contributed by atoms with Crippen molar-refractivity contribution in [2.24, 2.45) is 11.1 Å². The molecule has 198 valence electrons. The quantitative estimate of drug-likeness (QED) is 0.423. The van der Waals surface area contributed by atoms with Gasteiger partial charge in [0.25, 0.3) is 0 Å². The summed E-state index contributed by atoms with van der Waals surface area (Å²) in [4.78, 5) is 24.5. The molecule has 0 aliphatic carbocycles. The number of primary amides is 1. The summed E-state index contributed by atoms with van der Waals surface area (Å²) in [7, 11) is 0. The summed E-state index contributed by atoms with van der Waals surface area (Å²) < 4.78 is 20.9. The number of hydrogen-bond acceptors (Lipinski definition) is 6. The minimum Gasteiger partial charge on any atom is -0.462 e. The molecular formula is C27H30Cl2FN3O4. The van der Waals surface area contributed by atoms with Crippen molar-refractivity contribution in [2.45, 2.75) is 63.1 Å². The minimum absolute atomic E-state index is 0.0764. The smallest absolute Gasteiger partial charge is 0.323 e. The predicted octanol–water partition coefficient (Wildman–Crippen LogP) is 4.23. The van der Waals surface area contributed by atoms with E-state index in [4.69, 9.17) is 33.7 Å². The zero-order chi connectivity index (χ0) is 27.5. The highest BCUT2D eigenvalue weighted by molar-refractivity contribution is 6.31. The molecule has 0 unspecified atom stereocenters. The number of aliphatic hydroxyl groups is 1. The summed E-state index contributed by atoms with van der Waals surface area (Å²) >= 11 is 12.3. The molecular weight excluding hydrogens is 520 g/mol. The molecule has 0 saturated carbocycles. The van der Waals surface area contributed by atoms with E-state index in [1.807, 2.05) is 20.8 Å². The molecule has 10 heteroatoms. The number of carbonyl (C=O) groups is 2. The van der Waals surface area contributed by atoms with E-state index < -0.39 is 60.2 Å². The van der Waals surface area contributed by atoms with Gasteiger partial charge in [-0.25, -0.2) is 4.39 Å². The number of nitrogens with one attached hydrogen (secondary N) is 1. The third-order valence-electron chi connectivity index (χ3n) is 6.50. The lowest BCUT2D eigenvalue weighted by atomic mass is 9.63. The zero-order valence-corrected chi connectivity index (χ0v) is 22.3. The fourth-order valence-corrected chi connectivity index (χ4v) is 5.33. The summed E-state index contributed by atoms with van der Waals surface area (Å²) in [5.74, 6) is -3.35. The Morgan fingerprint density at radius 3 is 2.46 bits per heavy atom. The Morgan fingerprint density at radius 1 is 1.24 bits per heavy atom. The topological polar surface area (TPSA) is 125 Å². The molecule has 3 rings (SSSR count). The van der Waals surface area contributed by atoms with Crippen LogP contribution in [-0.4, -0.2) is 41.8 Å². The van der Waals surface area contributed by atoms with Crippen LogP contribution in [0.2, 0.25) is 10.0 Å². The van der Waals surface area contributed by atoms with E-state index >= 15 is 4.39 Å². The second-order valence-electron chi connectivity index (χ2n) is 10.5. The van der Waals surface area contributed by atoms with Crippen molar-refractivity contribution in [1.29, 1.82) is 5.26 Å². The van der Waals surface area contributed by atoms with E-state index in [1.165, 1.54) is 12.1 Å². The van der Waals surface area contributed by atoms with Crippen LogP contribution in [0.5, 0.6) is 0 Å². The number of benzene rings is 2. The van der Waals surface area contributed by atoms with Gasteiger partial charge in [-0.05, 0) is 41.2 Å². The number of nitrogens with two attached hydrogens (primary N) is 1. The van der Waals surface area contributed by atoms with Crippen molar-refractivity contribution in [1.82, 2.24) is 5.32 Å². The molecule has 1 heterocycles. The number of ether oxygens (including phenoxy) is 1. The first-order valence-corrected chi connectivity index (χ1v) is 12.6. The van der Waals surface area contributed by atoms with Gasteiger partial charge in [-0.3, -0.25) is 14.9 Å². The molecule has 1 aliphatic heterocycles. The van der Waals surface area contributed by atoms with Gasteiger partial charge in [0.15, 0.2) is 0 Å². The fourth-order valence-electron chi connectivity index (χ4n) is 5.02. The monoisotopic (exact) mass is 549 g/mol. The molecule has 5 atom stereocenters. The van der Waals surface area contributed by atoms with Gasteiger partial charge < -0.3 is 15.6 Å². The second kappa shape index (κ2) is 11.4. The Kier molecular flexibility index (Phi) is 8.86. The predicted molar refractivity (Wildman–Crippen MR) is 138 cm³/mol. The van der Waals surface area contributed by atoms with E-state index in [0.29, 0.717) is 17.0 Å². The van der Waals surface area contributed by atoms with Crippen LogP contribution in [0, 0.1) is 22.6 Å². The van der Waals surface area contributed by atoms with Gasteiger partial charge in [-0.1, -0.05) is 68.2 Å². The van der Waals surface area contributed by atoms with Crippen LogP contribution in [0.3, 0.4) is 0 Å². The van der Waals surface area contributed by atoms with Gasteiger partial charge in [0.2, 0.25) is 5.91 Å². The number of nitrogens with zero attached hydrogens (tertiary/aromatic N) is 1. The average molecular weight is 550 g/mol. The minimum atomic E-state index is -1.42. The number of esters is 1. The molecule has 1 amide bonds. The van der Waals surface area contributed by atoms with Gasteiger partial charge in [0.05, 0.1) is 23.6 Å². The van der Waals surface area contributed by atoms with Gasteiger partial charge in [-0.2, -0.15) is 5.26 Å². The van der Waals surface area contributed by atoms with Crippen LogP contribution in [-0.2, 0) is 19.7 Å². The number of halogens is 3. The van der Waals surface area contributed by atoms with Crippen molar-refractivity contribution >= 4 is 35.1 Å². The Bertz CT molecular complexity index is 1200. The largest absolute Gasteiger partial charge is 0.462 e. The SMILES string of the molecule is CC(C)(C)C[C@@H]1N[C@@H](C(=O)OC[C@@H](O)CC(N)=O)[C@H](c2cccc(Cl)c2F)[C@@]1(C#N)c1ccc(Cl)cc1. The molecule has 1 fully saturated rings. The highest BCUT2D eigenvalue weighted by atomic mass is 35.5. The highest BCUT2D eigenvalue weighted by Gasteiger charge is 2.60. The van der Waals surface area contributed by atoms with Crippen LogP contribution in [0.4, 0.5) is 4.39 Å². The fraction of sp³-hybridized carbons (Fsp3) is 0.444. The van der Waals surface area contributed by atoms with Gasteiger partial charge in [-0.15, -0.1) is 0 Å². The molecule has 4 N–H and O–H groups in total. The van der Waals surface area contributed by atoms with Crippen LogP contribution >= 0.6 is 23.2 Å². The second-order valence-corrected chi connectivity index (χ2v) is 11.4. The molecule has 1 aliphatic rings. The van der Waals surface area contributed by atoms with Crippen LogP contribution in [0.15, 0.2) is 42.5 Å². The first kappa shape index (κ1) is 28.9. The Labute approximate surface area is 225 Å². The van der Waals surface area contributed by atoms with Crippen LogP contribution in [0.1, 0.15) is 50.7 Å². The first-order chi connectivity index (χ1) is 17.3. The number of amides is 1.